The quantitative estimate of drug-likeness (QED) is 0.848. The van der Waals surface area contributed by atoms with Crippen LogP contribution in [-0.4, -0.2) is 30.0 Å². The van der Waals surface area contributed by atoms with Gasteiger partial charge < -0.3 is 16.0 Å². The van der Waals surface area contributed by atoms with E-state index >= 15 is 0 Å². The first kappa shape index (κ1) is 13.6. The highest BCUT2D eigenvalue weighted by Crippen LogP contribution is 2.24. The second kappa shape index (κ2) is 6.41. The zero-order chi connectivity index (χ0) is 13.7. The van der Waals surface area contributed by atoms with Gasteiger partial charge in [-0.05, 0) is 37.8 Å². The molecule has 0 aromatic carbocycles. The van der Waals surface area contributed by atoms with Crippen molar-refractivity contribution in [1.29, 1.82) is 0 Å². The zero-order valence-electron chi connectivity index (χ0n) is 11.4. The highest BCUT2D eigenvalue weighted by Gasteiger charge is 2.27. The van der Waals surface area contributed by atoms with Crippen LogP contribution < -0.4 is 16.0 Å². The summed E-state index contributed by atoms with van der Waals surface area (Å²) < 4.78 is 0. The van der Waals surface area contributed by atoms with Gasteiger partial charge in [0.05, 0.1) is 0 Å². The van der Waals surface area contributed by atoms with Gasteiger partial charge in [0.1, 0.15) is 17.7 Å². The van der Waals surface area contributed by atoms with Crippen molar-refractivity contribution in [1.82, 2.24) is 4.98 Å². The average Bonchev–Trinajstić information content (AvgIpc) is 2.45. The number of anilines is 2. The molecule has 104 valence electrons. The molecule has 1 saturated heterocycles. The first-order chi connectivity index (χ1) is 9.22. The number of hydrogen-bond donors (Lipinski definition) is 2. The van der Waals surface area contributed by atoms with E-state index in [9.17, 15) is 4.79 Å². The topological polar surface area (TPSA) is 71.2 Å². The number of primary amides is 1. The Morgan fingerprint density at radius 2 is 2.37 bits per heavy atom. The second-order valence-corrected chi connectivity index (χ2v) is 4.92. The maximum atomic E-state index is 11.5. The highest BCUT2D eigenvalue weighted by atomic mass is 16.1. The van der Waals surface area contributed by atoms with Crippen LogP contribution >= 0.6 is 0 Å². The van der Waals surface area contributed by atoms with E-state index in [0.717, 1.165) is 50.4 Å². The van der Waals surface area contributed by atoms with E-state index in [4.69, 9.17) is 5.73 Å². The predicted molar refractivity (Wildman–Crippen MR) is 77.2 cm³/mol. The number of piperidine rings is 1. The molecule has 1 atom stereocenters. The molecule has 2 heterocycles. The summed E-state index contributed by atoms with van der Waals surface area (Å²) >= 11 is 0. The van der Waals surface area contributed by atoms with E-state index in [1.54, 1.807) is 0 Å². The largest absolute Gasteiger partial charge is 0.370 e. The van der Waals surface area contributed by atoms with Crippen LogP contribution in [0.3, 0.4) is 0 Å². The number of nitrogens with one attached hydrogen (secondary N) is 1. The van der Waals surface area contributed by atoms with E-state index in [2.05, 4.69) is 17.2 Å². The summed E-state index contributed by atoms with van der Waals surface area (Å²) in [4.78, 5) is 18.1. The van der Waals surface area contributed by atoms with Crippen molar-refractivity contribution in [2.24, 2.45) is 5.73 Å². The van der Waals surface area contributed by atoms with Crippen molar-refractivity contribution in [3.8, 4) is 0 Å². The Labute approximate surface area is 114 Å². The molecular weight excluding hydrogens is 240 g/mol. The van der Waals surface area contributed by atoms with Gasteiger partial charge in [-0.25, -0.2) is 4.98 Å². The molecule has 1 aromatic heterocycles. The number of nitrogens with zero attached hydrogens (tertiary/aromatic N) is 2. The fraction of sp³-hybridized carbons (Fsp3) is 0.571. The summed E-state index contributed by atoms with van der Waals surface area (Å²) in [7, 11) is 0. The fourth-order valence-electron chi connectivity index (χ4n) is 2.44. The normalized spacial score (nSPS) is 19.2. The minimum absolute atomic E-state index is 0.220. The van der Waals surface area contributed by atoms with E-state index in [1.165, 1.54) is 0 Å². The second-order valence-electron chi connectivity index (χ2n) is 4.92. The Kier molecular flexibility index (Phi) is 4.60. The van der Waals surface area contributed by atoms with E-state index in [0.29, 0.717) is 0 Å². The Bertz CT molecular complexity index is 435. The molecule has 0 radical (unpaired) electrons. The SMILES string of the molecule is CCCNc1cccc(N2CCCCC2C(N)=O)n1. The van der Waals surface area contributed by atoms with Crippen LogP contribution in [-0.2, 0) is 4.79 Å². The van der Waals surface area contributed by atoms with Crippen LogP contribution in [0.1, 0.15) is 32.6 Å². The maximum absolute atomic E-state index is 11.5. The molecule has 0 saturated carbocycles. The van der Waals surface area contributed by atoms with Crippen LogP contribution in [0, 0.1) is 0 Å². The predicted octanol–water partition coefficient (Wildman–Crippen LogP) is 1.75. The van der Waals surface area contributed by atoms with Gasteiger partial charge >= 0.3 is 0 Å². The number of rotatable bonds is 5. The van der Waals surface area contributed by atoms with Crippen molar-refractivity contribution < 1.29 is 4.79 Å². The highest BCUT2D eigenvalue weighted by molar-refractivity contribution is 5.83. The Hall–Kier alpha value is -1.78. The maximum Gasteiger partial charge on any atom is 0.240 e. The molecule has 0 spiro atoms. The third kappa shape index (κ3) is 3.36. The molecule has 3 N–H and O–H groups in total. The minimum atomic E-state index is -0.256. The third-order valence-electron chi connectivity index (χ3n) is 3.42. The molecule has 0 bridgehead atoms. The summed E-state index contributed by atoms with van der Waals surface area (Å²) in [6.07, 6.45) is 4.01. The third-order valence-corrected chi connectivity index (χ3v) is 3.42. The van der Waals surface area contributed by atoms with Gasteiger partial charge in [0.15, 0.2) is 0 Å². The molecule has 19 heavy (non-hydrogen) atoms. The molecule has 1 aliphatic heterocycles. The number of carbonyl (C=O) groups is 1. The number of pyridine rings is 1. The summed E-state index contributed by atoms with van der Waals surface area (Å²) in [6, 6.07) is 5.64. The standard InChI is InChI=1S/C14H22N4O/c1-2-9-16-12-7-5-8-13(17-12)18-10-4-3-6-11(18)14(15)19/h5,7-8,11H,2-4,6,9-10H2,1H3,(H2,15,19)(H,16,17). The van der Waals surface area contributed by atoms with Gasteiger partial charge in [-0.15, -0.1) is 0 Å². The first-order valence-corrected chi connectivity index (χ1v) is 6.99. The molecule has 1 unspecified atom stereocenters. The molecule has 1 fully saturated rings. The van der Waals surface area contributed by atoms with Crippen molar-refractivity contribution in [2.45, 2.75) is 38.6 Å². The van der Waals surface area contributed by atoms with Crippen LogP contribution in [0.25, 0.3) is 0 Å². The number of hydrogen-bond acceptors (Lipinski definition) is 4. The van der Waals surface area contributed by atoms with Crippen LogP contribution in [0.5, 0.6) is 0 Å². The van der Waals surface area contributed by atoms with E-state index < -0.39 is 0 Å². The van der Waals surface area contributed by atoms with Crippen molar-refractivity contribution >= 4 is 17.5 Å². The Morgan fingerprint density at radius 1 is 1.53 bits per heavy atom. The summed E-state index contributed by atoms with van der Waals surface area (Å²) in [5.74, 6) is 1.44. The smallest absolute Gasteiger partial charge is 0.240 e. The first-order valence-electron chi connectivity index (χ1n) is 6.99. The number of amides is 1. The Balaban J connectivity index is 2.16. The van der Waals surface area contributed by atoms with E-state index in [-0.39, 0.29) is 11.9 Å². The van der Waals surface area contributed by atoms with Gasteiger partial charge in [0.2, 0.25) is 5.91 Å². The minimum Gasteiger partial charge on any atom is -0.370 e. The van der Waals surface area contributed by atoms with Crippen molar-refractivity contribution in [3.63, 3.8) is 0 Å². The molecule has 1 amide bonds. The molecule has 0 aliphatic carbocycles. The lowest BCUT2D eigenvalue weighted by atomic mass is 10.0. The van der Waals surface area contributed by atoms with Gasteiger partial charge in [-0.2, -0.15) is 0 Å². The fourth-order valence-corrected chi connectivity index (χ4v) is 2.44. The van der Waals surface area contributed by atoms with Gasteiger partial charge in [-0.1, -0.05) is 13.0 Å². The monoisotopic (exact) mass is 262 g/mol. The van der Waals surface area contributed by atoms with Crippen molar-refractivity contribution in [2.75, 3.05) is 23.3 Å². The molecule has 1 aromatic rings. The summed E-state index contributed by atoms with van der Waals surface area (Å²) in [5, 5.41) is 3.26. The lowest BCUT2D eigenvalue weighted by Gasteiger charge is -2.34. The lowest BCUT2D eigenvalue weighted by molar-refractivity contribution is -0.119. The molecule has 2 rings (SSSR count). The number of aromatic nitrogens is 1. The van der Waals surface area contributed by atoms with Crippen LogP contribution in [0.4, 0.5) is 11.6 Å². The van der Waals surface area contributed by atoms with Gasteiger partial charge in [0.25, 0.3) is 0 Å². The van der Waals surface area contributed by atoms with Crippen LogP contribution in [0.15, 0.2) is 18.2 Å². The molecule has 5 nitrogen and oxygen atoms in total. The molecule has 5 heteroatoms. The van der Waals surface area contributed by atoms with Crippen molar-refractivity contribution in [3.05, 3.63) is 18.2 Å². The van der Waals surface area contributed by atoms with E-state index in [1.807, 2.05) is 23.1 Å². The lowest BCUT2D eigenvalue weighted by Crippen LogP contribution is -2.48. The summed E-state index contributed by atoms with van der Waals surface area (Å²) in [6.45, 7) is 3.86. The molecule has 1 aliphatic rings. The van der Waals surface area contributed by atoms with Gasteiger partial charge in [-0.3, -0.25) is 4.79 Å². The number of carbonyl (C=O) groups excluding carboxylic acids is 1. The van der Waals surface area contributed by atoms with Gasteiger partial charge in [0, 0.05) is 13.1 Å². The number of nitrogens with two attached hydrogens (primary N) is 1. The van der Waals surface area contributed by atoms with Crippen LogP contribution in [0.2, 0.25) is 0 Å². The zero-order valence-corrected chi connectivity index (χ0v) is 11.4. The summed E-state index contributed by atoms with van der Waals surface area (Å²) in [5.41, 5.74) is 5.49. The molecular formula is C14H22N4O. The average molecular weight is 262 g/mol. The Morgan fingerprint density at radius 3 is 3.11 bits per heavy atom.